The Kier molecular flexibility index (Phi) is 2.83. The van der Waals surface area contributed by atoms with Crippen LogP contribution in [0.5, 0.6) is 0 Å². The van der Waals surface area contributed by atoms with Crippen molar-refractivity contribution in [1.29, 1.82) is 0 Å². The summed E-state index contributed by atoms with van der Waals surface area (Å²) in [5.41, 5.74) is 3.82. The Bertz CT molecular complexity index is 681. The van der Waals surface area contributed by atoms with Gasteiger partial charge in [-0.3, -0.25) is 0 Å². The molecule has 108 valence electrons. The molecule has 1 unspecified atom stereocenters. The second kappa shape index (κ2) is 4.72. The third kappa shape index (κ3) is 2.14. The Morgan fingerprint density at radius 3 is 3.05 bits per heavy atom. The van der Waals surface area contributed by atoms with Crippen molar-refractivity contribution in [2.45, 2.75) is 25.2 Å². The number of fused-ring (bicyclic) bond motifs is 2. The smallest absolute Gasteiger partial charge is 0.192 e. The van der Waals surface area contributed by atoms with E-state index in [9.17, 15) is 5.11 Å². The standard InChI is InChI=1S/C16H17N3O2/c20-16(6-2-8-21-16)12-4-5-13-14(9-12)18-10-11-3-1-7-17-15(11)19-13/h1,3-5,7,9,18,20H,2,6,8,10H2,(H,17,19). The maximum Gasteiger partial charge on any atom is 0.192 e. The summed E-state index contributed by atoms with van der Waals surface area (Å²) in [6.07, 6.45) is 3.30. The first-order valence-corrected chi connectivity index (χ1v) is 7.20. The lowest BCUT2D eigenvalue weighted by molar-refractivity contribution is -0.179. The molecule has 3 heterocycles. The molecule has 2 aliphatic rings. The summed E-state index contributed by atoms with van der Waals surface area (Å²) < 4.78 is 5.51. The minimum absolute atomic E-state index is 0.606. The highest BCUT2D eigenvalue weighted by molar-refractivity contribution is 5.77. The summed E-state index contributed by atoms with van der Waals surface area (Å²) in [4.78, 5) is 4.37. The maximum absolute atomic E-state index is 10.5. The molecule has 1 fully saturated rings. The van der Waals surface area contributed by atoms with Crippen LogP contribution in [-0.4, -0.2) is 16.7 Å². The van der Waals surface area contributed by atoms with E-state index in [1.54, 1.807) is 6.20 Å². The monoisotopic (exact) mass is 283 g/mol. The van der Waals surface area contributed by atoms with E-state index in [1.807, 2.05) is 30.3 Å². The summed E-state index contributed by atoms with van der Waals surface area (Å²) in [5, 5.41) is 17.3. The number of nitrogens with one attached hydrogen (secondary N) is 2. The van der Waals surface area contributed by atoms with Crippen molar-refractivity contribution in [2.75, 3.05) is 17.2 Å². The quantitative estimate of drug-likeness (QED) is 0.751. The molecule has 0 radical (unpaired) electrons. The van der Waals surface area contributed by atoms with Gasteiger partial charge in [0.25, 0.3) is 0 Å². The molecule has 2 aliphatic heterocycles. The van der Waals surface area contributed by atoms with Crippen LogP contribution >= 0.6 is 0 Å². The van der Waals surface area contributed by atoms with Gasteiger partial charge in [-0.25, -0.2) is 4.98 Å². The van der Waals surface area contributed by atoms with Gasteiger partial charge in [0.15, 0.2) is 5.79 Å². The number of nitrogens with zero attached hydrogens (tertiary/aromatic N) is 1. The van der Waals surface area contributed by atoms with Crippen molar-refractivity contribution in [3.8, 4) is 0 Å². The first-order chi connectivity index (χ1) is 10.2. The van der Waals surface area contributed by atoms with Crippen molar-refractivity contribution in [1.82, 2.24) is 4.98 Å². The highest BCUT2D eigenvalue weighted by Gasteiger charge is 2.35. The third-order valence-corrected chi connectivity index (χ3v) is 4.09. The fraction of sp³-hybridized carbons (Fsp3) is 0.312. The van der Waals surface area contributed by atoms with Crippen molar-refractivity contribution in [2.24, 2.45) is 0 Å². The molecule has 1 aromatic carbocycles. The second-order valence-electron chi connectivity index (χ2n) is 5.49. The third-order valence-electron chi connectivity index (χ3n) is 4.09. The number of hydrogen-bond acceptors (Lipinski definition) is 5. The van der Waals surface area contributed by atoms with E-state index in [4.69, 9.17) is 4.74 Å². The van der Waals surface area contributed by atoms with Crippen LogP contribution < -0.4 is 10.6 Å². The lowest BCUT2D eigenvalue weighted by atomic mass is 10.0. The molecule has 0 saturated carbocycles. The zero-order chi connectivity index (χ0) is 14.3. The minimum Gasteiger partial charge on any atom is -0.379 e. The van der Waals surface area contributed by atoms with Crippen LogP contribution in [-0.2, 0) is 17.1 Å². The number of pyridine rings is 1. The van der Waals surface area contributed by atoms with Crippen LogP contribution in [0.4, 0.5) is 17.2 Å². The molecule has 5 nitrogen and oxygen atoms in total. The molecule has 1 saturated heterocycles. The van der Waals surface area contributed by atoms with Gasteiger partial charge in [0, 0.05) is 30.3 Å². The average Bonchev–Trinajstić information content (AvgIpc) is 2.86. The topological polar surface area (TPSA) is 66.4 Å². The molecule has 21 heavy (non-hydrogen) atoms. The lowest BCUT2D eigenvalue weighted by Crippen LogP contribution is -2.23. The van der Waals surface area contributed by atoms with Gasteiger partial charge >= 0.3 is 0 Å². The zero-order valence-electron chi connectivity index (χ0n) is 11.6. The average molecular weight is 283 g/mol. The summed E-state index contributed by atoms with van der Waals surface area (Å²) >= 11 is 0. The molecule has 1 atom stereocenters. The summed E-state index contributed by atoms with van der Waals surface area (Å²) in [6.45, 7) is 1.31. The van der Waals surface area contributed by atoms with E-state index in [0.717, 1.165) is 34.7 Å². The number of ether oxygens (including phenoxy) is 1. The van der Waals surface area contributed by atoms with Crippen LogP contribution in [0.3, 0.4) is 0 Å². The van der Waals surface area contributed by atoms with Gasteiger partial charge in [-0.1, -0.05) is 12.1 Å². The van der Waals surface area contributed by atoms with E-state index < -0.39 is 5.79 Å². The van der Waals surface area contributed by atoms with Gasteiger partial charge in [0.05, 0.1) is 18.0 Å². The Morgan fingerprint density at radius 2 is 2.19 bits per heavy atom. The van der Waals surface area contributed by atoms with Crippen molar-refractivity contribution < 1.29 is 9.84 Å². The van der Waals surface area contributed by atoms with Crippen molar-refractivity contribution >= 4 is 17.2 Å². The van der Waals surface area contributed by atoms with Gasteiger partial charge in [0.1, 0.15) is 5.82 Å². The first kappa shape index (κ1) is 12.6. The van der Waals surface area contributed by atoms with E-state index in [2.05, 4.69) is 15.6 Å². The molecule has 5 heteroatoms. The van der Waals surface area contributed by atoms with E-state index >= 15 is 0 Å². The van der Waals surface area contributed by atoms with Gasteiger partial charge in [-0.2, -0.15) is 0 Å². The van der Waals surface area contributed by atoms with Crippen LogP contribution in [0, 0.1) is 0 Å². The van der Waals surface area contributed by atoms with Crippen LogP contribution in [0.2, 0.25) is 0 Å². The predicted octanol–water partition coefficient (Wildman–Crippen LogP) is 2.71. The van der Waals surface area contributed by atoms with Gasteiger partial charge in [-0.05, 0) is 24.6 Å². The Morgan fingerprint density at radius 1 is 1.24 bits per heavy atom. The highest BCUT2D eigenvalue weighted by Crippen LogP contribution is 2.38. The summed E-state index contributed by atoms with van der Waals surface area (Å²) in [6, 6.07) is 9.80. The number of anilines is 3. The number of aromatic nitrogens is 1. The Balaban J connectivity index is 1.71. The summed E-state index contributed by atoms with van der Waals surface area (Å²) in [5.74, 6) is -0.277. The fourth-order valence-electron chi connectivity index (χ4n) is 2.91. The van der Waals surface area contributed by atoms with Crippen molar-refractivity contribution in [3.05, 3.63) is 47.7 Å². The molecule has 0 amide bonds. The molecule has 0 spiro atoms. The zero-order valence-corrected chi connectivity index (χ0v) is 11.6. The normalized spacial score (nSPS) is 23.5. The molecule has 0 aliphatic carbocycles. The number of aliphatic hydroxyl groups is 1. The van der Waals surface area contributed by atoms with Gasteiger partial charge in [0.2, 0.25) is 0 Å². The molecular formula is C16H17N3O2. The van der Waals surface area contributed by atoms with Crippen LogP contribution in [0.15, 0.2) is 36.5 Å². The lowest BCUT2D eigenvalue weighted by Gasteiger charge is -2.23. The molecular weight excluding hydrogens is 266 g/mol. The molecule has 3 N–H and O–H groups in total. The predicted molar refractivity (Wildman–Crippen MR) is 80.4 cm³/mol. The largest absolute Gasteiger partial charge is 0.379 e. The van der Waals surface area contributed by atoms with Crippen LogP contribution in [0.1, 0.15) is 24.0 Å². The molecule has 4 rings (SSSR count). The van der Waals surface area contributed by atoms with Gasteiger partial charge in [-0.15, -0.1) is 0 Å². The second-order valence-corrected chi connectivity index (χ2v) is 5.49. The van der Waals surface area contributed by atoms with Gasteiger partial charge < -0.3 is 20.5 Å². The SMILES string of the molecule is OC1(c2ccc3c(c2)NCc2cccnc2N3)CCCO1. The van der Waals surface area contributed by atoms with E-state index in [-0.39, 0.29) is 0 Å². The Labute approximate surface area is 123 Å². The van der Waals surface area contributed by atoms with E-state index in [1.165, 1.54) is 0 Å². The fourth-order valence-corrected chi connectivity index (χ4v) is 2.91. The maximum atomic E-state index is 10.5. The molecule has 1 aromatic heterocycles. The first-order valence-electron chi connectivity index (χ1n) is 7.20. The van der Waals surface area contributed by atoms with Crippen LogP contribution in [0.25, 0.3) is 0 Å². The highest BCUT2D eigenvalue weighted by atomic mass is 16.6. The molecule has 2 aromatic rings. The molecule has 0 bridgehead atoms. The Hall–Kier alpha value is -2.11. The summed E-state index contributed by atoms with van der Waals surface area (Å²) in [7, 11) is 0. The number of rotatable bonds is 1. The minimum atomic E-state index is -1.14. The van der Waals surface area contributed by atoms with Crippen molar-refractivity contribution in [3.63, 3.8) is 0 Å². The number of hydrogen-bond donors (Lipinski definition) is 3. The van der Waals surface area contributed by atoms with E-state index in [0.29, 0.717) is 19.6 Å². The number of benzene rings is 1.